The number of ether oxygens (including phenoxy) is 1. The van der Waals surface area contributed by atoms with Gasteiger partial charge in [-0.05, 0) is 30.5 Å². The molecule has 21 heavy (non-hydrogen) atoms. The Kier molecular flexibility index (Phi) is 3.79. The first-order valence-corrected chi connectivity index (χ1v) is 7.20. The Bertz CT molecular complexity index is 750. The monoisotopic (exact) mass is 300 g/mol. The topological polar surface area (TPSA) is 65.2 Å². The molecule has 0 aliphatic carbocycles. The number of aryl methyl sites for hydroxylation is 1. The molecule has 0 bridgehead atoms. The lowest BCUT2D eigenvalue weighted by Crippen LogP contribution is -2.03. The van der Waals surface area contributed by atoms with Gasteiger partial charge in [0, 0.05) is 5.56 Å². The van der Waals surface area contributed by atoms with Crippen molar-refractivity contribution in [2.45, 2.75) is 13.5 Å². The number of aromatic nitrogens is 2. The summed E-state index contributed by atoms with van der Waals surface area (Å²) in [6.07, 6.45) is 0. The fraction of sp³-hybridized carbons (Fsp3) is 0.133. The number of hydrogen-bond donors (Lipinski definition) is 0. The van der Waals surface area contributed by atoms with Gasteiger partial charge < -0.3 is 9.15 Å². The Morgan fingerprint density at radius 3 is 2.95 bits per heavy atom. The van der Waals surface area contributed by atoms with Gasteiger partial charge in [0.15, 0.2) is 6.61 Å². The minimum Gasteiger partial charge on any atom is -0.451 e. The van der Waals surface area contributed by atoms with Crippen LogP contribution in [0.2, 0.25) is 0 Å². The van der Waals surface area contributed by atoms with Crippen LogP contribution in [0, 0.1) is 6.92 Å². The first-order valence-electron chi connectivity index (χ1n) is 6.32. The first kappa shape index (κ1) is 13.5. The number of carbonyl (C=O) groups is 1. The summed E-state index contributed by atoms with van der Waals surface area (Å²) in [5.41, 5.74) is 1.95. The van der Waals surface area contributed by atoms with E-state index in [4.69, 9.17) is 9.15 Å². The highest BCUT2D eigenvalue weighted by Gasteiger charge is 2.12. The number of carbonyl (C=O) groups excluding carboxylic acids is 1. The Labute approximate surface area is 125 Å². The fourth-order valence-corrected chi connectivity index (χ4v) is 2.42. The van der Waals surface area contributed by atoms with Crippen LogP contribution in [-0.4, -0.2) is 16.2 Å². The van der Waals surface area contributed by atoms with Gasteiger partial charge >= 0.3 is 5.97 Å². The van der Waals surface area contributed by atoms with Crippen molar-refractivity contribution in [2.75, 3.05) is 0 Å². The molecule has 0 saturated carbocycles. The van der Waals surface area contributed by atoms with E-state index in [9.17, 15) is 4.79 Å². The summed E-state index contributed by atoms with van der Waals surface area (Å²) in [6, 6.07) is 11.3. The SMILES string of the molecule is Cc1cccc(-c2nnc(COC(=O)c3cccs3)o2)c1. The quantitative estimate of drug-likeness (QED) is 0.690. The zero-order valence-corrected chi connectivity index (χ0v) is 12.1. The largest absolute Gasteiger partial charge is 0.451 e. The highest BCUT2D eigenvalue weighted by Crippen LogP contribution is 2.19. The molecule has 3 aromatic rings. The molecule has 0 N–H and O–H groups in total. The van der Waals surface area contributed by atoms with Crippen molar-refractivity contribution < 1.29 is 13.9 Å². The standard InChI is InChI=1S/C15H12N2O3S/c1-10-4-2-5-11(8-10)14-17-16-13(20-14)9-19-15(18)12-6-3-7-21-12/h2-8H,9H2,1H3. The molecule has 0 atom stereocenters. The number of benzene rings is 1. The third-order valence-electron chi connectivity index (χ3n) is 2.78. The molecule has 2 aromatic heterocycles. The maximum Gasteiger partial charge on any atom is 0.348 e. The number of nitrogens with zero attached hydrogens (tertiary/aromatic N) is 2. The number of thiophene rings is 1. The molecule has 1 aromatic carbocycles. The molecule has 2 heterocycles. The zero-order valence-electron chi connectivity index (χ0n) is 11.3. The molecule has 0 aliphatic heterocycles. The Hall–Kier alpha value is -2.47. The van der Waals surface area contributed by atoms with Gasteiger partial charge in [-0.2, -0.15) is 0 Å². The molecular weight excluding hydrogens is 288 g/mol. The van der Waals surface area contributed by atoms with Gasteiger partial charge in [-0.1, -0.05) is 23.8 Å². The Balaban J connectivity index is 1.67. The van der Waals surface area contributed by atoms with Gasteiger partial charge in [0.2, 0.25) is 5.89 Å². The van der Waals surface area contributed by atoms with Crippen molar-refractivity contribution in [3.8, 4) is 11.5 Å². The molecule has 0 amide bonds. The predicted octanol–water partition coefficient (Wildman–Crippen LogP) is 3.46. The smallest absolute Gasteiger partial charge is 0.348 e. The molecule has 0 saturated heterocycles. The van der Waals surface area contributed by atoms with Crippen LogP contribution in [0.3, 0.4) is 0 Å². The third-order valence-corrected chi connectivity index (χ3v) is 3.63. The highest BCUT2D eigenvalue weighted by atomic mass is 32.1. The summed E-state index contributed by atoms with van der Waals surface area (Å²) in [5.74, 6) is 0.303. The van der Waals surface area contributed by atoms with Crippen molar-refractivity contribution in [1.29, 1.82) is 0 Å². The van der Waals surface area contributed by atoms with E-state index >= 15 is 0 Å². The van der Waals surface area contributed by atoms with E-state index in [0.717, 1.165) is 11.1 Å². The van der Waals surface area contributed by atoms with Crippen LogP contribution in [-0.2, 0) is 11.3 Å². The molecule has 0 spiro atoms. The molecule has 0 unspecified atom stereocenters. The average Bonchev–Trinajstić information content (AvgIpc) is 3.16. The summed E-state index contributed by atoms with van der Waals surface area (Å²) >= 11 is 1.33. The van der Waals surface area contributed by atoms with Crippen LogP contribution in [0.15, 0.2) is 46.2 Å². The maximum absolute atomic E-state index is 11.7. The minimum absolute atomic E-state index is 0.0322. The van der Waals surface area contributed by atoms with Crippen LogP contribution in [0.4, 0.5) is 0 Å². The van der Waals surface area contributed by atoms with Gasteiger partial charge in [0.1, 0.15) is 4.88 Å². The summed E-state index contributed by atoms with van der Waals surface area (Å²) in [5, 5.41) is 9.67. The van der Waals surface area contributed by atoms with Crippen molar-refractivity contribution in [3.05, 3.63) is 58.1 Å². The van der Waals surface area contributed by atoms with Crippen LogP contribution in [0.1, 0.15) is 21.1 Å². The van der Waals surface area contributed by atoms with E-state index in [0.29, 0.717) is 10.8 Å². The third kappa shape index (κ3) is 3.17. The summed E-state index contributed by atoms with van der Waals surface area (Å²) < 4.78 is 10.6. The van der Waals surface area contributed by atoms with E-state index in [1.165, 1.54) is 11.3 Å². The van der Waals surface area contributed by atoms with E-state index in [2.05, 4.69) is 10.2 Å². The molecule has 3 rings (SSSR count). The summed E-state index contributed by atoms with van der Waals surface area (Å²) in [7, 11) is 0. The predicted molar refractivity (Wildman–Crippen MR) is 77.9 cm³/mol. The average molecular weight is 300 g/mol. The molecule has 0 fully saturated rings. The minimum atomic E-state index is -0.389. The summed E-state index contributed by atoms with van der Waals surface area (Å²) in [6.45, 7) is 1.96. The van der Waals surface area contributed by atoms with E-state index in [1.54, 1.807) is 12.1 Å². The Morgan fingerprint density at radius 2 is 2.19 bits per heavy atom. The van der Waals surface area contributed by atoms with Gasteiger partial charge in [-0.25, -0.2) is 4.79 Å². The number of rotatable bonds is 4. The number of esters is 1. The first-order chi connectivity index (χ1) is 10.2. The second-order valence-corrected chi connectivity index (χ2v) is 5.37. The second kappa shape index (κ2) is 5.88. The van der Waals surface area contributed by atoms with Gasteiger partial charge in [-0.3, -0.25) is 0 Å². The van der Waals surface area contributed by atoms with Gasteiger partial charge in [0.05, 0.1) is 0 Å². The van der Waals surface area contributed by atoms with E-state index in [-0.39, 0.29) is 18.5 Å². The lowest BCUT2D eigenvalue weighted by molar-refractivity contribution is 0.0444. The van der Waals surface area contributed by atoms with Crippen molar-refractivity contribution in [3.63, 3.8) is 0 Å². The van der Waals surface area contributed by atoms with Crippen LogP contribution < -0.4 is 0 Å². The molecule has 106 valence electrons. The Morgan fingerprint density at radius 1 is 1.29 bits per heavy atom. The lowest BCUT2D eigenvalue weighted by Gasteiger charge is -1.99. The molecule has 5 nitrogen and oxygen atoms in total. The van der Waals surface area contributed by atoms with E-state index < -0.39 is 0 Å². The van der Waals surface area contributed by atoms with Crippen LogP contribution >= 0.6 is 11.3 Å². The molecular formula is C15H12N2O3S. The van der Waals surface area contributed by atoms with E-state index in [1.807, 2.05) is 36.6 Å². The maximum atomic E-state index is 11.7. The molecule has 6 heteroatoms. The molecule has 0 aliphatic rings. The molecule has 0 radical (unpaired) electrons. The van der Waals surface area contributed by atoms with Crippen molar-refractivity contribution in [1.82, 2.24) is 10.2 Å². The normalized spacial score (nSPS) is 10.5. The lowest BCUT2D eigenvalue weighted by atomic mass is 10.1. The van der Waals surface area contributed by atoms with Crippen LogP contribution in [0.5, 0.6) is 0 Å². The second-order valence-electron chi connectivity index (χ2n) is 4.42. The van der Waals surface area contributed by atoms with Gasteiger partial charge in [0.25, 0.3) is 5.89 Å². The fourth-order valence-electron chi connectivity index (χ4n) is 1.80. The zero-order chi connectivity index (χ0) is 14.7. The van der Waals surface area contributed by atoms with Gasteiger partial charge in [-0.15, -0.1) is 21.5 Å². The highest BCUT2D eigenvalue weighted by molar-refractivity contribution is 7.11. The van der Waals surface area contributed by atoms with Crippen molar-refractivity contribution >= 4 is 17.3 Å². The number of hydrogen-bond acceptors (Lipinski definition) is 6. The van der Waals surface area contributed by atoms with Crippen LogP contribution in [0.25, 0.3) is 11.5 Å². The van der Waals surface area contributed by atoms with Crippen molar-refractivity contribution in [2.24, 2.45) is 0 Å². The summed E-state index contributed by atoms with van der Waals surface area (Å²) in [4.78, 5) is 12.2.